The SMILES string of the molecule is COc1cccc2c1C(=O)c1c(O)c3c(c(O)c1C2=O)C[C@@](C)(C(C)=O)C[C@@H]3C. The maximum absolute atomic E-state index is 13.3. The van der Waals surface area contributed by atoms with Crippen LogP contribution in [0.1, 0.15) is 76.1 Å². The van der Waals surface area contributed by atoms with Gasteiger partial charge in [-0.2, -0.15) is 0 Å². The molecule has 150 valence electrons. The van der Waals surface area contributed by atoms with Crippen molar-refractivity contribution in [1.82, 2.24) is 0 Å². The standard InChI is InChI=1S/C23H22O6/c1-10-8-23(3,11(2)24)9-13-15(10)21(27)18-17(20(13)26)19(25)12-6-5-7-14(29-4)16(12)22(18)28/h5-7,10,26-27H,8-9H2,1-4H3/t10-,23-/m0/s1. The second-order valence-electron chi connectivity index (χ2n) is 8.28. The molecule has 4 rings (SSSR count). The quantitative estimate of drug-likeness (QED) is 0.645. The zero-order valence-corrected chi connectivity index (χ0v) is 16.8. The lowest BCUT2D eigenvalue weighted by Crippen LogP contribution is -2.35. The number of ether oxygens (including phenoxy) is 1. The van der Waals surface area contributed by atoms with Gasteiger partial charge in [0.1, 0.15) is 23.0 Å². The third-order valence-corrected chi connectivity index (χ3v) is 6.43. The van der Waals surface area contributed by atoms with E-state index in [1.807, 2.05) is 13.8 Å². The lowest BCUT2D eigenvalue weighted by Gasteiger charge is -2.38. The smallest absolute Gasteiger partial charge is 0.202 e. The van der Waals surface area contributed by atoms with Crippen molar-refractivity contribution in [2.24, 2.45) is 5.41 Å². The summed E-state index contributed by atoms with van der Waals surface area (Å²) in [5, 5.41) is 22.1. The number of carbonyl (C=O) groups is 3. The third-order valence-electron chi connectivity index (χ3n) is 6.43. The van der Waals surface area contributed by atoms with Gasteiger partial charge in [-0.25, -0.2) is 0 Å². The molecular formula is C23H22O6. The van der Waals surface area contributed by atoms with Crippen LogP contribution < -0.4 is 4.74 Å². The van der Waals surface area contributed by atoms with Gasteiger partial charge < -0.3 is 14.9 Å². The summed E-state index contributed by atoms with van der Waals surface area (Å²) in [6, 6.07) is 4.67. The van der Waals surface area contributed by atoms with Gasteiger partial charge in [0.05, 0.1) is 23.8 Å². The zero-order valence-electron chi connectivity index (χ0n) is 16.8. The lowest BCUT2D eigenvalue weighted by molar-refractivity contribution is -0.126. The van der Waals surface area contributed by atoms with E-state index in [9.17, 15) is 24.6 Å². The summed E-state index contributed by atoms with van der Waals surface area (Å²) in [4.78, 5) is 38.7. The molecular weight excluding hydrogens is 372 g/mol. The van der Waals surface area contributed by atoms with Crippen LogP contribution in [-0.2, 0) is 11.2 Å². The Kier molecular flexibility index (Phi) is 4.08. The molecule has 2 aromatic rings. The van der Waals surface area contributed by atoms with Crippen LogP contribution in [0.3, 0.4) is 0 Å². The van der Waals surface area contributed by atoms with Crippen molar-refractivity contribution in [1.29, 1.82) is 0 Å². The van der Waals surface area contributed by atoms with Gasteiger partial charge in [-0.15, -0.1) is 0 Å². The summed E-state index contributed by atoms with van der Waals surface area (Å²) in [7, 11) is 1.40. The number of benzene rings is 2. The predicted molar refractivity (Wildman–Crippen MR) is 105 cm³/mol. The first-order valence-corrected chi connectivity index (χ1v) is 9.50. The number of Topliss-reactive ketones (excluding diaryl/α,β-unsaturated/α-hetero) is 1. The minimum atomic E-state index is -0.715. The van der Waals surface area contributed by atoms with Gasteiger partial charge in [-0.3, -0.25) is 14.4 Å². The molecule has 2 aromatic carbocycles. The number of methoxy groups -OCH3 is 1. The highest BCUT2D eigenvalue weighted by atomic mass is 16.5. The number of carbonyl (C=O) groups excluding carboxylic acids is 3. The number of ketones is 3. The molecule has 0 unspecified atom stereocenters. The maximum Gasteiger partial charge on any atom is 0.202 e. The number of fused-ring (bicyclic) bond motifs is 3. The first-order valence-electron chi connectivity index (χ1n) is 9.50. The molecule has 2 aliphatic rings. The Bertz CT molecular complexity index is 1110. The number of phenols is 2. The van der Waals surface area contributed by atoms with Crippen LogP contribution >= 0.6 is 0 Å². The van der Waals surface area contributed by atoms with Crippen molar-refractivity contribution >= 4 is 17.3 Å². The summed E-state index contributed by atoms with van der Waals surface area (Å²) in [6.07, 6.45) is 0.671. The minimum absolute atomic E-state index is 0.0240. The van der Waals surface area contributed by atoms with Crippen molar-refractivity contribution in [2.45, 2.75) is 39.5 Å². The number of phenolic OH excluding ortho intramolecular Hbond substituents is 2. The molecule has 0 fully saturated rings. The van der Waals surface area contributed by atoms with E-state index in [-0.39, 0.29) is 57.6 Å². The van der Waals surface area contributed by atoms with Gasteiger partial charge in [0.2, 0.25) is 5.78 Å². The Morgan fingerprint density at radius 1 is 1.10 bits per heavy atom. The van der Waals surface area contributed by atoms with Crippen molar-refractivity contribution < 1.29 is 29.3 Å². The van der Waals surface area contributed by atoms with Crippen LogP contribution in [0.5, 0.6) is 17.2 Å². The second kappa shape index (κ2) is 6.17. The highest BCUT2D eigenvalue weighted by Gasteiger charge is 2.45. The first-order chi connectivity index (χ1) is 13.6. The van der Waals surface area contributed by atoms with Gasteiger partial charge >= 0.3 is 0 Å². The van der Waals surface area contributed by atoms with Gasteiger partial charge in [-0.05, 0) is 31.7 Å². The number of aromatic hydroxyl groups is 2. The average molecular weight is 394 g/mol. The van der Waals surface area contributed by atoms with E-state index in [2.05, 4.69) is 0 Å². The Labute approximate surface area is 168 Å². The lowest BCUT2D eigenvalue weighted by atomic mass is 9.65. The van der Waals surface area contributed by atoms with Crippen LogP contribution in [0.4, 0.5) is 0 Å². The summed E-state index contributed by atoms with van der Waals surface area (Å²) >= 11 is 0. The van der Waals surface area contributed by atoms with E-state index < -0.39 is 17.0 Å². The summed E-state index contributed by atoms with van der Waals surface area (Å²) in [5.74, 6) is -1.78. The van der Waals surface area contributed by atoms with Crippen molar-refractivity contribution in [3.05, 3.63) is 51.6 Å². The van der Waals surface area contributed by atoms with Gasteiger partial charge in [0.15, 0.2) is 5.78 Å². The number of hydrogen-bond donors (Lipinski definition) is 2. The fraction of sp³-hybridized carbons (Fsp3) is 0.348. The molecule has 0 radical (unpaired) electrons. The summed E-state index contributed by atoms with van der Waals surface area (Å²) < 4.78 is 5.25. The van der Waals surface area contributed by atoms with E-state index in [1.165, 1.54) is 20.1 Å². The van der Waals surface area contributed by atoms with Crippen LogP contribution in [0.15, 0.2) is 18.2 Å². The Morgan fingerprint density at radius 2 is 1.76 bits per heavy atom. The molecule has 0 spiro atoms. The fourth-order valence-electron chi connectivity index (χ4n) is 4.84. The Morgan fingerprint density at radius 3 is 2.38 bits per heavy atom. The minimum Gasteiger partial charge on any atom is -0.507 e. The van der Waals surface area contributed by atoms with Crippen molar-refractivity contribution in [3.63, 3.8) is 0 Å². The number of hydrogen-bond acceptors (Lipinski definition) is 6. The van der Waals surface area contributed by atoms with Crippen molar-refractivity contribution in [2.75, 3.05) is 7.11 Å². The van der Waals surface area contributed by atoms with Crippen LogP contribution in [-0.4, -0.2) is 34.7 Å². The molecule has 0 heterocycles. The van der Waals surface area contributed by atoms with Crippen LogP contribution in [0.25, 0.3) is 0 Å². The molecule has 29 heavy (non-hydrogen) atoms. The molecule has 2 atom stereocenters. The first kappa shape index (κ1) is 19.2. The molecule has 0 amide bonds. The van der Waals surface area contributed by atoms with Gasteiger partial charge in [0.25, 0.3) is 0 Å². The third kappa shape index (κ3) is 2.44. The van der Waals surface area contributed by atoms with E-state index in [1.54, 1.807) is 12.1 Å². The molecule has 6 heteroatoms. The zero-order chi connectivity index (χ0) is 21.2. The Balaban J connectivity index is 2.04. The summed E-state index contributed by atoms with van der Waals surface area (Å²) in [5.41, 5.74) is -0.111. The van der Waals surface area contributed by atoms with E-state index in [0.717, 1.165) is 0 Å². The molecule has 2 aliphatic carbocycles. The average Bonchev–Trinajstić information content (AvgIpc) is 2.67. The Hall–Kier alpha value is -3.15. The number of rotatable bonds is 2. The highest BCUT2D eigenvalue weighted by Crippen LogP contribution is 2.53. The second-order valence-corrected chi connectivity index (χ2v) is 8.28. The predicted octanol–water partition coefficient (Wildman–Crippen LogP) is 3.53. The van der Waals surface area contributed by atoms with E-state index in [4.69, 9.17) is 4.74 Å². The topological polar surface area (TPSA) is 101 Å². The van der Waals surface area contributed by atoms with Crippen LogP contribution in [0.2, 0.25) is 0 Å². The van der Waals surface area contributed by atoms with Crippen LogP contribution in [0, 0.1) is 5.41 Å². The molecule has 0 bridgehead atoms. The monoisotopic (exact) mass is 394 g/mol. The molecule has 0 saturated heterocycles. The molecule has 6 nitrogen and oxygen atoms in total. The highest BCUT2D eigenvalue weighted by molar-refractivity contribution is 6.31. The van der Waals surface area contributed by atoms with Gasteiger partial charge in [0, 0.05) is 22.1 Å². The summed E-state index contributed by atoms with van der Waals surface area (Å²) in [6.45, 7) is 5.16. The largest absolute Gasteiger partial charge is 0.507 e. The maximum atomic E-state index is 13.3. The molecule has 2 N–H and O–H groups in total. The fourth-order valence-corrected chi connectivity index (χ4v) is 4.84. The van der Waals surface area contributed by atoms with E-state index >= 15 is 0 Å². The molecule has 0 aromatic heterocycles. The normalized spacial score (nSPS) is 22.6. The molecule has 0 aliphatic heterocycles. The van der Waals surface area contributed by atoms with Gasteiger partial charge in [-0.1, -0.05) is 26.0 Å². The van der Waals surface area contributed by atoms with E-state index in [0.29, 0.717) is 17.5 Å². The molecule has 0 saturated carbocycles. The van der Waals surface area contributed by atoms with Crippen molar-refractivity contribution in [3.8, 4) is 17.2 Å².